The van der Waals surface area contributed by atoms with Crippen molar-refractivity contribution in [2.24, 2.45) is 0 Å². The normalized spacial score (nSPS) is 31.7. The molecule has 0 unspecified atom stereocenters. The molecule has 23 heavy (non-hydrogen) atoms. The highest BCUT2D eigenvalue weighted by molar-refractivity contribution is 7.88. The SMILES string of the molecule is C[C@@H]1CC[C@H](C)N1[C@H](C)c1nc([C@H]2CCCN2S(C)(=O)=O)no1. The van der Waals surface area contributed by atoms with E-state index in [4.69, 9.17) is 4.52 Å². The fourth-order valence-electron chi connectivity index (χ4n) is 4.05. The van der Waals surface area contributed by atoms with Crippen LogP contribution < -0.4 is 0 Å². The zero-order valence-electron chi connectivity index (χ0n) is 14.3. The maximum absolute atomic E-state index is 11.9. The van der Waals surface area contributed by atoms with Crippen molar-refractivity contribution in [3.8, 4) is 0 Å². The van der Waals surface area contributed by atoms with Gasteiger partial charge in [-0.25, -0.2) is 8.42 Å². The van der Waals surface area contributed by atoms with Gasteiger partial charge in [-0.2, -0.15) is 9.29 Å². The van der Waals surface area contributed by atoms with Gasteiger partial charge in [0.1, 0.15) is 0 Å². The molecule has 1 aromatic heterocycles. The van der Waals surface area contributed by atoms with Crippen molar-refractivity contribution >= 4 is 10.0 Å². The third-order valence-corrected chi connectivity index (χ3v) is 6.50. The molecule has 0 N–H and O–H groups in total. The highest BCUT2D eigenvalue weighted by Gasteiger charge is 2.38. The van der Waals surface area contributed by atoms with E-state index < -0.39 is 10.0 Å². The molecule has 0 aliphatic carbocycles. The lowest BCUT2D eigenvalue weighted by atomic mass is 10.2. The quantitative estimate of drug-likeness (QED) is 0.834. The van der Waals surface area contributed by atoms with Crippen LogP contribution in [0, 0.1) is 0 Å². The second-order valence-electron chi connectivity index (χ2n) is 6.92. The third-order valence-electron chi connectivity index (χ3n) is 5.21. The lowest BCUT2D eigenvalue weighted by Crippen LogP contribution is -2.35. The van der Waals surface area contributed by atoms with Crippen LogP contribution in [0.1, 0.15) is 70.3 Å². The summed E-state index contributed by atoms with van der Waals surface area (Å²) in [5, 5.41) is 4.09. The molecule has 7 nitrogen and oxygen atoms in total. The van der Waals surface area contributed by atoms with Crippen molar-refractivity contribution in [1.82, 2.24) is 19.3 Å². The van der Waals surface area contributed by atoms with Crippen LogP contribution in [-0.4, -0.2) is 52.6 Å². The number of hydrogen-bond donors (Lipinski definition) is 0. The minimum absolute atomic E-state index is 0.0526. The Morgan fingerprint density at radius 3 is 2.48 bits per heavy atom. The van der Waals surface area contributed by atoms with Crippen LogP contribution in [0.4, 0.5) is 0 Å². The minimum atomic E-state index is -3.24. The third kappa shape index (κ3) is 3.16. The second-order valence-corrected chi connectivity index (χ2v) is 8.86. The van der Waals surface area contributed by atoms with Gasteiger partial charge in [-0.05, 0) is 46.5 Å². The summed E-state index contributed by atoms with van der Waals surface area (Å²) in [6.45, 7) is 7.06. The van der Waals surface area contributed by atoms with Crippen LogP contribution in [0.3, 0.4) is 0 Å². The predicted octanol–water partition coefficient (Wildman–Crippen LogP) is 2.10. The molecule has 3 rings (SSSR count). The number of sulfonamides is 1. The predicted molar refractivity (Wildman–Crippen MR) is 86.2 cm³/mol. The average Bonchev–Trinajstić information content (AvgIpc) is 3.16. The molecule has 2 aliphatic rings. The Morgan fingerprint density at radius 2 is 1.87 bits per heavy atom. The van der Waals surface area contributed by atoms with Gasteiger partial charge in [0.05, 0.1) is 18.3 Å². The van der Waals surface area contributed by atoms with Crippen LogP contribution in [0.2, 0.25) is 0 Å². The Hall–Kier alpha value is -0.990. The molecule has 3 heterocycles. The van der Waals surface area contributed by atoms with Gasteiger partial charge >= 0.3 is 0 Å². The van der Waals surface area contributed by atoms with Gasteiger partial charge in [0.2, 0.25) is 15.9 Å². The maximum Gasteiger partial charge on any atom is 0.243 e. The summed E-state index contributed by atoms with van der Waals surface area (Å²) in [5.41, 5.74) is 0. The van der Waals surface area contributed by atoms with Crippen molar-refractivity contribution in [3.05, 3.63) is 11.7 Å². The van der Waals surface area contributed by atoms with Gasteiger partial charge in [0.25, 0.3) is 0 Å². The van der Waals surface area contributed by atoms with E-state index in [0.29, 0.717) is 30.3 Å². The van der Waals surface area contributed by atoms with Gasteiger partial charge in [0.15, 0.2) is 5.82 Å². The Balaban J connectivity index is 1.80. The average molecular weight is 342 g/mol. The summed E-state index contributed by atoms with van der Waals surface area (Å²) in [5.74, 6) is 1.08. The molecule has 0 amide bonds. The molecule has 2 fully saturated rings. The highest BCUT2D eigenvalue weighted by Crippen LogP contribution is 2.35. The van der Waals surface area contributed by atoms with E-state index in [0.717, 1.165) is 12.8 Å². The van der Waals surface area contributed by atoms with Crippen molar-refractivity contribution in [3.63, 3.8) is 0 Å². The van der Waals surface area contributed by atoms with E-state index in [1.54, 1.807) is 0 Å². The van der Waals surface area contributed by atoms with Gasteiger partial charge < -0.3 is 4.52 Å². The number of likely N-dealkylation sites (tertiary alicyclic amines) is 1. The molecule has 0 radical (unpaired) electrons. The van der Waals surface area contributed by atoms with Crippen molar-refractivity contribution in [1.29, 1.82) is 0 Å². The van der Waals surface area contributed by atoms with Crippen LogP contribution in [0.5, 0.6) is 0 Å². The van der Waals surface area contributed by atoms with Gasteiger partial charge in [-0.3, -0.25) is 4.90 Å². The van der Waals surface area contributed by atoms with Crippen LogP contribution in [0.25, 0.3) is 0 Å². The summed E-state index contributed by atoms with van der Waals surface area (Å²) in [6.07, 6.45) is 5.17. The Bertz CT molecular complexity index is 649. The van der Waals surface area contributed by atoms with Crippen molar-refractivity contribution in [2.75, 3.05) is 12.8 Å². The van der Waals surface area contributed by atoms with Crippen molar-refractivity contribution < 1.29 is 12.9 Å². The van der Waals surface area contributed by atoms with E-state index in [1.807, 2.05) is 0 Å². The van der Waals surface area contributed by atoms with Crippen LogP contribution in [-0.2, 0) is 10.0 Å². The lowest BCUT2D eigenvalue weighted by molar-refractivity contribution is 0.128. The molecule has 130 valence electrons. The number of hydrogen-bond acceptors (Lipinski definition) is 6. The van der Waals surface area contributed by atoms with Crippen molar-refractivity contribution in [2.45, 2.75) is 70.6 Å². The van der Waals surface area contributed by atoms with Crippen LogP contribution >= 0.6 is 0 Å². The van der Waals surface area contributed by atoms with E-state index in [1.165, 1.54) is 23.4 Å². The summed E-state index contributed by atoms with van der Waals surface area (Å²) in [6, 6.07) is 0.753. The minimum Gasteiger partial charge on any atom is -0.338 e. The first-order valence-corrected chi connectivity index (χ1v) is 10.2. The first-order valence-electron chi connectivity index (χ1n) is 8.36. The molecular weight excluding hydrogens is 316 g/mol. The maximum atomic E-state index is 11.9. The summed E-state index contributed by atoms with van der Waals surface area (Å²) >= 11 is 0. The van der Waals surface area contributed by atoms with Gasteiger partial charge in [-0.1, -0.05) is 5.16 Å². The Morgan fingerprint density at radius 1 is 1.22 bits per heavy atom. The first kappa shape index (κ1) is 16.9. The monoisotopic (exact) mass is 342 g/mol. The summed E-state index contributed by atoms with van der Waals surface area (Å²) < 4.78 is 30.7. The Kier molecular flexibility index (Phi) is 4.50. The standard InChI is InChI=1S/C15H26N4O3S/c1-10-7-8-11(2)19(10)12(3)15-16-14(17-22-15)13-6-5-9-18(13)23(4,20)21/h10-13H,5-9H2,1-4H3/t10-,11+,12-,13-/m1/s1. The lowest BCUT2D eigenvalue weighted by Gasteiger charge is -2.30. The van der Waals surface area contributed by atoms with E-state index in [9.17, 15) is 8.42 Å². The molecule has 2 saturated heterocycles. The fourth-order valence-corrected chi connectivity index (χ4v) is 5.18. The highest BCUT2D eigenvalue weighted by atomic mass is 32.2. The molecule has 2 aliphatic heterocycles. The second kappa shape index (κ2) is 6.14. The van der Waals surface area contributed by atoms with Crippen LogP contribution in [0.15, 0.2) is 4.52 Å². The smallest absolute Gasteiger partial charge is 0.243 e. The molecule has 0 aromatic carbocycles. The van der Waals surface area contributed by atoms with E-state index >= 15 is 0 Å². The molecular formula is C15H26N4O3S. The molecule has 0 bridgehead atoms. The molecule has 8 heteroatoms. The number of nitrogens with zero attached hydrogens (tertiary/aromatic N) is 4. The number of rotatable bonds is 4. The first-order chi connectivity index (χ1) is 10.8. The zero-order valence-corrected chi connectivity index (χ0v) is 15.1. The fraction of sp³-hybridized carbons (Fsp3) is 0.867. The van der Waals surface area contributed by atoms with Gasteiger partial charge in [0, 0.05) is 18.6 Å². The largest absolute Gasteiger partial charge is 0.338 e. The zero-order chi connectivity index (χ0) is 16.8. The number of aromatic nitrogens is 2. The topological polar surface area (TPSA) is 79.5 Å². The van der Waals surface area contributed by atoms with Gasteiger partial charge in [-0.15, -0.1) is 0 Å². The molecule has 4 atom stereocenters. The molecule has 0 saturated carbocycles. The molecule has 1 aromatic rings. The molecule has 0 spiro atoms. The van der Waals surface area contributed by atoms with E-state index in [2.05, 4.69) is 35.8 Å². The Labute approximate surface area is 138 Å². The van der Waals surface area contributed by atoms with E-state index in [-0.39, 0.29) is 12.1 Å². The summed E-state index contributed by atoms with van der Waals surface area (Å²) in [7, 11) is -3.24. The summed E-state index contributed by atoms with van der Waals surface area (Å²) in [4.78, 5) is 6.95.